The van der Waals surface area contributed by atoms with Gasteiger partial charge in [-0.2, -0.15) is 10.4 Å². The average Bonchev–Trinajstić information content (AvgIpc) is 2.48. The van der Waals surface area contributed by atoms with Gasteiger partial charge >= 0.3 is 0 Å². The summed E-state index contributed by atoms with van der Waals surface area (Å²) in [5, 5.41) is 13.6. The lowest BCUT2D eigenvalue weighted by Crippen LogP contribution is -2.27. The van der Waals surface area contributed by atoms with E-state index in [0.29, 0.717) is 18.0 Å². The smallest absolute Gasteiger partial charge is 0.284 e. The largest absolute Gasteiger partial charge is 0.496 e. The number of aromatic nitrogens is 2. The minimum absolute atomic E-state index is 0.0919. The fourth-order valence-corrected chi connectivity index (χ4v) is 2.25. The van der Waals surface area contributed by atoms with Crippen LogP contribution >= 0.6 is 0 Å². The zero-order chi connectivity index (χ0) is 16.3. The Labute approximate surface area is 129 Å². The van der Waals surface area contributed by atoms with Crippen molar-refractivity contribution in [3.8, 4) is 23.1 Å². The van der Waals surface area contributed by atoms with Gasteiger partial charge in [0.1, 0.15) is 17.4 Å². The molecule has 114 valence electrons. The van der Waals surface area contributed by atoms with E-state index in [2.05, 4.69) is 5.10 Å². The lowest BCUT2D eigenvalue weighted by Gasteiger charge is -2.13. The van der Waals surface area contributed by atoms with E-state index in [9.17, 15) is 10.1 Å². The number of nitrogens with zero attached hydrogens (tertiary/aromatic N) is 3. The summed E-state index contributed by atoms with van der Waals surface area (Å²) < 4.78 is 6.73. The molecule has 0 spiro atoms. The number of ether oxygens (including phenoxy) is 1. The number of hydrogen-bond acceptors (Lipinski definition) is 4. The van der Waals surface area contributed by atoms with Gasteiger partial charge in [-0.1, -0.05) is 25.5 Å². The quantitative estimate of drug-likeness (QED) is 0.870. The lowest BCUT2D eigenvalue weighted by molar-refractivity contribution is 0.415. The third-order valence-corrected chi connectivity index (χ3v) is 3.26. The molecule has 0 aliphatic rings. The van der Waals surface area contributed by atoms with Gasteiger partial charge in [-0.25, -0.2) is 4.68 Å². The van der Waals surface area contributed by atoms with Crippen molar-refractivity contribution in [3.63, 3.8) is 0 Å². The summed E-state index contributed by atoms with van der Waals surface area (Å²) in [5.41, 5.74) is 2.13. The molecule has 0 saturated heterocycles. The Hall–Kier alpha value is -2.61. The van der Waals surface area contributed by atoms with Gasteiger partial charge in [-0.15, -0.1) is 0 Å². The first-order chi connectivity index (χ1) is 10.5. The molecule has 1 aromatic carbocycles. The maximum absolute atomic E-state index is 12.2. The van der Waals surface area contributed by atoms with Gasteiger partial charge in [0.15, 0.2) is 0 Å². The second-order valence-corrected chi connectivity index (χ2v) is 5.64. The van der Waals surface area contributed by atoms with Gasteiger partial charge in [-0.05, 0) is 31.0 Å². The van der Waals surface area contributed by atoms with Crippen LogP contribution in [0, 0.1) is 24.2 Å². The zero-order valence-electron chi connectivity index (χ0n) is 13.3. The van der Waals surface area contributed by atoms with E-state index in [4.69, 9.17) is 4.74 Å². The van der Waals surface area contributed by atoms with Crippen LogP contribution < -0.4 is 10.3 Å². The van der Waals surface area contributed by atoms with Gasteiger partial charge < -0.3 is 4.74 Å². The van der Waals surface area contributed by atoms with E-state index in [-0.39, 0.29) is 17.0 Å². The molecule has 5 nitrogen and oxygen atoms in total. The van der Waals surface area contributed by atoms with Crippen LogP contribution in [0.5, 0.6) is 5.75 Å². The summed E-state index contributed by atoms with van der Waals surface area (Å²) in [5.74, 6) is 0.920. The van der Waals surface area contributed by atoms with Crippen molar-refractivity contribution >= 4 is 0 Å². The maximum atomic E-state index is 12.2. The monoisotopic (exact) mass is 297 g/mol. The Kier molecular flexibility index (Phi) is 4.62. The van der Waals surface area contributed by atoms with E-state index in [1.165, 1.54) is 10.7 Å². The van der Waals surface area contributed by atoms with Crippen LogP contribution in [0.25, 0.3) is 11.3 Å². The fraction of sp³-hybridized carbons (Fsp3) is 0.353. The van der Waals surface area contributed by atoms with E-state index < -0.39 is 0 Å². The Morgan fingerprint density at radius 1 is 1.36 bits per heavy atom. The topological polar surface area (TPSA) is 67.9 Å². The second kappa shape index (κ2) is 6.44. The minimum Gasteiger partial charge on any atom is -0.496 e. The molecule has 1 aromatic heterocycles. The molecule has 0 atom stereocenters. The first kappa shape index (κ1) is 15.8. The first-order valence-corrected chi connectivity index (χ1v) is 7.13. The Balaban J connectivity index is 2.69. The molecular weight excluding hydrogens is 278 g/mol. The SMILES string of the molecule is COc1ccc(C)cc1-c1cc(C#N)c(=O)n(CC(C)C)n1. The van der Waals surface area contributed by atoms with Crippen molar-refractivity contribution in [1.82, 2.24) is 9.78 Å². The van der Waals surface area contributed by atoms with Crippen LogP contribution in [-0.2, 0) is 6.54 Å². The molecule has 0 aliphatic heterocycles. The van der Waals surface area contributed by atoms with Crippen molar-refractivity contribution in [2.45, 2.75) is 27.3 Å². The van der Waals surface area contributed by atoms with Gasteiger partial charge in [0.25, 0.3) is 5.56 Å². The number of hydrogen-bond donors (Lipinski definition) is 0. The van der Waals surface area contributed by atoms with Crippen LogP contribution in [0.4, 0.5) is 0 Å². The predicted molar refractivity (Wildman–Crippen MR) is 84.8 cm³/mol. The van der Waals surface area contributed by atoms with Crippen LogP contribution in [0.3, 0.4) is 0 Å². The van der Waals surface area contributed by atoms with E-state index >= 15 is 0 Å². The second-order valence-electron chi connectivity index (χ2n) is 5.64. The van der Waals surface area contributed by atoms with E-state index in [1.807, 2.05) is 45.0 Å². The third-order valence-electron chi connectivity index (χ3n) is 3.26. The van der Waals surface area contributed by atoms with Crippen molar-refractivity contribution in [1.29, 1.82) is 5.26 Å². The van der Waals surface area contributed by atoms with Crippen LogP contribution in [-0.4, -0.2) is 16.9 Å². The standard InChI is InChI=1S/C17H19N3O2/c1-11(2)10-20-17(21)13(9-18)8-15(19-20)14-7-12(3)5-6-16(14)22-4/h5-8,11H,10H2,1-4H3. The van der Waals surface area contributed by atoms with Crippen molar-refractivity contribution in [3.05, 3.63) is 45.7 Å². The van der Waals surface area contributed by atoms with Crippen LogP contribution in [0.1, 0.15) is 25.0 Å². The van der Waals surface area contributed by atoms with E-state index in [0.717, 1.165) is 11.1 Å². The molecule has 0 aliphatic carbocycles. The Morgan fingerprint density at radius 3 is 2.68 bits per heavy atom. The molecule has 0 fully saturated rings. The average molecular weight is 297 g/mol. The molecule has 1 heterocycles. The zero-order valence-corrected chi connectivity index (χ0v) is 13.3. The molecule has 2 rings (SSSR count). The molecule has 22 heavy (non-hydrogen) atoms. The molecule has 0 saturated carbocycles. The summed E-state index contributed by atoms with van der Waals surface area (Å²) in [6.45, 7) is 6.44. The predicted octanol–water partition coefficient (Wildman–Crippen LogP) is 2.76. The van der Waals surface area contributed by atoms with Crippen molar-refractivity contribution in [2.75, 3.05) is 7.11 Å². The molecule has 5 heteroatoms. The normalized spacial score (nSPS) is 10.5. The summed E-state index contributed by atoms with van der Waals surface area (Å²) in [7, 11) is 1.59. The molecule has 0 unspecified atom stereocenters. The molecule has 2 aromatic rings. The number of nitriles is 1. The molecule has 0 N–H and O–H groups in total. The number of aryl methyl sites for hydroxylation is 1. The summed E-state index contributed by atoms with van der Waals surface area (Å²) in [6, 6.07) is 9.22. The Bertz CT molecular complexity index is 785. The first-order valence-electron chi connectivity index (χ1n) is 7.13. The van der Waals surface area contributed by atoms with Gasteiger partial charge in [0, 0.05) is 12.1 Å². The third kappa shape index (κ3) is 3.17. The lowest BCUT2D eigenvalue weighted by atomic mass is 10.1. The highest BCUT2D eigenvalue weighted by atomic mass is 16.5. The van der Waals surface area contributed by atoms with Crippen molar-refractivity contribution in [2.24, 2.45) is 5.92 Å². The van der Waals surface area contributed by atoms with Crippen LogP contribution in [0.2, 0.25) is 0 Å². The highest BCUT2D eigenvalue weighted by Crippen LogP contribution is 2.29. The van der Waals surface area contributed by atoms with Crippen LogP contribution in [0.15, 0.2) is 29.1 Å². The van der Waals surface area contributed by atoms with E-state index in [1.54, 1.807) is 7.11 Å². The summed E-state index contributed by atoms with van der Waals surface area (Å²) >= 11 is 0. The number of benzene rings is 1. The molecular formula is C17H19N3O2. The van der Waals surface area contributed by atoms with Crippen molar-refractivity contribution < 1.29 is 4.74 Å². The molecule has 0 amide bonds. The highest BCUT2D eigenvalue weighted by molar-refractivity contribution is 5.68. The maximum Gasteiger partial charge on any atom is 0.284 e. The van der Waals surface area contributed by atoms with Gasteiger partial charge in [0.2, 0.25) is 0 Å². The molecule has 0 bridgehead atoms. The minimum atomic E-state index is -0.355. The Morgan fingerprint density at radius 2 is 2.09 bits per heavy atom. The number of rotatable bonds is 4. The van der Waals surface area contributed by atoms with Gasteiger partial charge in [0.05, 0.1) is 12.8 Å². The number of methoxy groups -OCH3 is 1. The summed E-state index contributed by atoms with van der Waals surface area (Å²) in [6.07, 6.45) is 0. The summed E-state index contributed by atoms with van der Waals surface area (Å²) in [4.78, 5) is 12.2. The highest BCUT2D eigenvalue weighted by Gasteiger charge is 2.14. The van der Waals surface area contributed by atoms with Gasteiger partial charge in [-0.3, -0.25) is 4.79 Å². The molecule has 0 radical (unpaired) electrons. The fourth-order valence-electron chi connectivity index (χ4n) is 2.25.